The van der Waals surface area contributed by atoms with Crippen LogP contribution in [0.2, 0.25) is 0 Å². The lowest BCUT2D eigenvalue weighted by Gasteiger charge is -2.13. The largest absolute Gasteiger partial charge is 0.378 e. The van der Waals surface area contributed by atoms with Gasteiger partial charge in [0.1, 0.15) is 0 Å². The number of hydrogen-bond acceptors (Lipinski definition) is 2. The van der Waals surface area contributed by atoms with E-state index in [1.807, 2.05) is 37.3 Å². The molecule has 0 spiro atoms. The summed E-state index contributed by atoms with van der Waals surface area (Å²) < 4.78 is 5.36. The predicted octanol–water partition coefficient (Wildman–Crippen LogP) is 2.05. The monoisotopic (exact) mass is 205 g/mol. The van der Waals surface area contributed by atoms with Crippen molar-refractivity contribution < 1.29 is 9.53 Å². The van der Waals surface area contributed by atoms with Crippen LogP contribution in [0.3, 0.4) is 0 Å². The van der Waals surface area contributed by atoms with Gasteiger partial charge in [-0.1, -0.05) is 18.2 Å². The summed E-state index contributed by atoms with van der Waals surface area (Å²) in [6.45, 7) is 2.64. The van der Waals surface area contributed by atoms with Gasteiger partial charge in [0, 0.05) is 12.3 Å². The second kappa shape index (κ2) is 4.45. The first-order valence-electron chi connectivity index (χ1n) is 5.25. The molecule has 3 nitrogen and oxygen atoms in total. The number of anilines is 1. The van der Waals surface area contributed by atoms with E-state index in [4.69, 9.17) is 4.74 Å². The molecule has 2 unspecified atom stereocenters. The molecule has 1 aromatic carbocycles. The van der Waals surface area contributed by atoms with Gasteiger partial charge in [-0.3, -0.25) is 4.79 Å². The first-order valence-corrected chi connectivity index (χ1v) is 5.25. The quantitative estimate of drug-likeness (QED) is 0.802. The Hall–Kier alpha value is -1.35. The summed E-state index contributed by atoms with van der Waals surface area (Å²) in [7, 11) is 0. The third-order valence-corrected chi connectivity index (χ3v) is 2.75. The topological polar surface area (TPSA) is 38.3 Å². The van der Waals surface area contributed by atoms with Crippen LogP contribution in [0.5, 0.6) is 0 Å². The number of rotatable bonds is 2. The Kier molecular flexibility index (Phi) is 3.02. The maximum Gasteiger partial charge on any atom is 0.230 e. The molecule has 3 heteroatoms. The molecular formula is C12H15NO2. The molecule has 80 valence electrons. The van der Waals surface area contributed by atoms with Crippen molar-refractivity contribution in [2.45, 2.75) is 19.4 Å². The van der Waals surface area contributed by atoms with Gasteiger partial charge in [-0.15, -0.1) is 0 Å². The number of benzene rings is 1. The van der Waals surface area contributed by atoms with Gasteiger partial charge in [0.05, 0.1) is 12.0 Å². The number of hydrogen-bond donors (Lipinski definition) is 1. The molecular weight excluding hydrogens is 190 g/mol. The van der Waals surface area contributed by atoms with Crippen LogP contribution in [-0.4, -0.2) is 18.6 Å². The Morgan fingerprint density at radius 2 is 2.13 bits per heavy atom. The van der Waals surface area contributed by atoms with Crippen molar-refractivity contribution in [1.82, 2.24) is 0 Å². The van der Waals surface area contributed by atoms with Gasteiger partial charge < -0.3 is 10.1 Å². The van der Waals surface area contributed by atoms with E-state index >= 15 is 0 Å². The van der Waals surface area contributed by atoms with Crippen LogP contribution in [0.4, 0.5) is 5.69 Å². The lowest BCUT2D eigenvalue weighted by Crippen LogP contribution is -2.27. The Balaban J connectivity index is 1.98. The molecule has 0 saturated carbocycles. The Labute approximate surface area is 89.4 Å². The second-order valence-electron chi connectivity index (χ2n) is 3.83. The van der Waals surface area contributed by atoms with Crippen molar-refractivity contribution in [3.8, 4) is 0 Å². The van der Waals surface area contributed by atoms with E-state index in [0.29, 0.717) is 6.61 Å². The summed E-state index contributed by atoms with van der Waals surface area (Å²) in [5, 5.41) is 2.90. The van der Waals surface area contributed by atoms with Gasteiger partial charge in [0.25, 0.3) is 0 Å². The maximum absolute atomic E-state index is 11.8. The maximum atomic E-state index is 11.8. The van der Waals surface area contributed by atoms with Crippen LogP contribution in [0, 0.1) is 5.92 Å². The molecule has 0 bridgehead atoms. The van der Waals surface area contributed by atoms with E-state index < -0.39 is 0 Å². The van der Waals surface area contributed by atoms with Crippen molar-refractivity contribution in [1.29, 1.82) is 0 Å². The summed E-state index contributed by atoms with van der Waals surface area (Å²) in [4.78, 5) is 11.8. The van der Waals surface area contributed by atoms with Crippen molar-refractivity contribution >= 4 is 11.6 Å². The van der Waals surface area contributed by atoms with E-state index in [2.05, 4.69) is 5.32 Å². The van der Waals surface area contributed by atoms with Crippen LogP contribution in [0.15, 0.2) is 30.3 Å². The average Bonchev–Trinajstić information content (AvgIpc) is 2.66. The van der Waals surface area contributed by atoms with Crippen LogP contribution in [-0.2, 0) is 9.53 Å². The molecule has 1 saturated heterocycles. The van der Waals surface area contributed by atoms with Gasteiger partial charge in [-0.25, -0.2) is 0 Å². The fraction of sp³-hybridized carbons (Fsp3) is 0.417. The highest BCUT2D eigenvalue weighted by Gasteiger charge is 2.30. The molecule has 1 heterocycles. The summed E-state index contributed by atoms with van der Waals surface area (Å²) in [6.07, 6.45) is 0.855. The zero-order valence-electron chi connectivity index (χ0n) is 8.77. The van der Waals surface area contributed by atoms with Crippen molar-refractivity contribution in [2.24, 2.45) is 5.92 Å². The number of nitrogens with one attached hydrogen (secondary N) is 1. The normalized spacial score (nSPS) is 25.1. The summed E-state index contributed by atoms with van der Waals surface area (Å²) >= 11 is 0. The highest BCUT2D eigenvalue weighted by Crippen LogP contribution is 2.22. The predicted molar refractivity (Wildman–Crippen MR) is 58.6 cm³/mol. The third-order valence-electron chi connectivity index (χ3n) is 2.75. The van der Waals surface area contributed by atoms with Gasteiger partial charge in [0.2, 0.25) is 5.91 Å². The zero-order valence-corrected chi connectivity index (χ0v) is 8.77. The highest BCUT2D eigenvalue weighted by molar-refractivity contribution is 5.93. The van der Waals surface area contributed by atoms with E-state index in [-0.39, 0.29) is 17.9 Å². The molecule has 0 radical (unpaired) electrons. The number of para-hydroxylation sites is 1. The number of carbonyl (C=O) groups is 1. The Morgan fingerprint density at radius 3 is 2.73 bits per heavy atom. The molecule has 1 aliphatic heterocycles. The van der Waals surface area contributed by atoms with Crippen LogP contribution in [0.25, 0.3) is 0 Å². The van der Waals surface area contributed by atoms with Crippen molar-refractivity contribution in [3.05, 3.63) is 30.3 Å². The Bertz CT molecular complexity index is 337. The molecule has 2 atom stereocenters. The lowest BCUT2D eigenvalue weighted by atomic mass is 10.0. The minimum Gasteiger partial charge on any atom is -0.378 e. The van der Waals surface area contributed by atoms with Gasteiger partial charge in [-0.05, 0) is 25.5 Å². The molecule has 15 heavy (non-hydrogen) atoms. The summed E-state index contributed by atoms with van der Waals surface area (Å²) in [5.74, 6) is 0.0522. The molecule has 1 aromatic rings. The van der Waals surface area contributed by atoms with E-state index in [1.165, 1.54) is 0 Å². The average molecular weight is 205 g/mol. The minimum absolute atomic E-state index is 0.00907. The fourth-order valence-corrected chi connectivity index (χ4v) is 1.83. The molecule has 1 amide bonds. The minimum atomic E-state index is -0.00907. The fourth-order valence-electron chi connectivity index (χ4n) is 1.83. The summed E-state index contributed by atoms with van der Waals surface area (Å²) in [5.41, 5.74) is 0.849. The first kappa shape index (κ1) is 10.2. The third kappa shape index (κ3) is 2.36. The zero-order chi connectivity index (χ0) is 10.7. The number of ether oxygens (including phenoxy) is 1. The van der Waals surface area contributed by atoms with E-state index in [1.54, 1.807) is 0 Å². The standard InChI is InChI=1S/C12H15NO2/c1-9-11(7-8-15-9)12(14)13-10-5-3-2-4-6-10/h2-6,9,11H,7-8H2,1H3,(H,13,14). The van der Waals surface area contributed by atoms with Crippen LogP contribution >= 0.6 is 0 Å². The van der Waals surface area contributed by atoms with Gasteiger partial charge in [0.15, 0.2) is 0 Å². The second-order valence-corrected chi connectivity index (χ2v) is 3.83. The first-order chi connectivity index (χ1) is 7.27. The molecule has 1 fully saturated rings. The van der Waals surface area contributed by atoms with Gasteiger partial charge in [-0.2, -0.15) is 0 Å². The lowest BCUT2D eigenvalue weighted by molar-refractivity contribution is -0.121. The van der Waals surface area contributed by atoms with Gasteiger partial charge >= 0.3 is 0 Å². The summed E-state index contributed by atoms with van der Waals surface area (Å²) in [6, 6.07) is 9.52. The molecule has 2 rings (SSSR count). The smallest absolute Gasteiger partial charge is 0.230 e. The Morgan fingerprint density at radius 1 is 1.40 bits per heavy atom. The van der Waals surface area contributed by atoms with Crippen molar-refractivity contribution in [3.63, 3.8) is 0 Å². The van der Waals surface area contributed by atoms with E-state index in [9.17, 15) is 4.79 Å². The molecule has 0 aliphatic carbocycles. The van der Waals surface area contributed by atoms with E-state index in [0.717, 1.165) is 12.1 Å². The van der Waals surface area contributed by atoms with Crippen LogP contribution < -0.4 is 5.32 Å². The highest BCUT2D eigenvalue weighted by atomic mass is 16.5. The van der Waals surface area contributed by atoms with Crippen molar-refractivity contribution in [2.75, 3.05) is 11.9 Å². The molecule has 1 N–H and O–H groups in total. The molecule has 1 aliphatic rings. The SMILES string of the molecule is CC1OCCC1C(=O)Nc1ccccc1. The van der Waals surface area contributed by atoms with Crippen LogP contribution in [0.1, 0.15) is 13.3 Å². The number of carbonyl (C=O) groups excluding carboxylic acids is 1. The number of amides is 1. The molecule has 0 aromatic heterocycles.